The zero-order valence-electron chi connectivity index (χ0n) is 14.3. The van der Waals surface area contributed by atoms with Crippen LogP contribution in [0.1, 0.15) is 41.8 Å². The van der Waals surface area contributed by atoms with Crippen molar-refractivity contribution in [1.29, 1.82) is 0 Å². The van der Waals surface area contributed by atoms with Crippen molar-refractivity contribution in [3.05, 3.63) is 47.4 Å². The van der Waals surface area contributed by atoms with E-state index in [0.29, 0.717) is 43.3 Å². The van der Waals surface area contributed by atoms with Gasteiger partial charge in [-0.15, -0.1) is 0 Å². The van der Waals surface area contributed by atoms with E-state index in [1.807, 2.05) is 45.0 Å². The summed E-state index contributed by atoms with van der Waals surface area (Å²) in [6.07, 6.45) is 1.35. The summed E-state index contributed by atoms with van der Waals surface area (Å²) in [5, 5.41) is 0. The SMILES string of the molecule is CCc1nc(C)c(C(=O)N(CC)CCc2nc3ccccc3[nH]2)o1. The number of nitrogens with one attached hydrogen (secondary N) is 1. The summed E-state index contributed by atoms with van der Waals surface area (Å²) in [5.74, 6) is 1.71. The van der Waals surface area contributed by atoms with Crippen molar-refractivity contribution >= 4 is 16.9 Å². The van der Waals surface area contributed by atoms with Crippen molar-refractivity contribution in [1.82, 2.24) is 19.9 Å². The molecule has 2 aromatic heterocycles. The van der Waals surface area contributed by atoms with Crippen LogP contribution in [0.3, 0.4) is 0 Å². The van der Waals surface area contributed by atoms with Crippen molar-refractivity contribution < 1.29 is 9.21 Å². The van der Waals surface area contributed by atoms with E-state index in [0.717, 1.165) is 16.9 Å². The molecule has 0 fully saturated rings. The standard InChI is InChI=1S/C18H22N4O2/c1-4-16-19-12(3)17(24-16)18(23)22(5-2)11-10-15-20-13-8-6-7-9-14(13)21-15/h6-9H,4-5,10-11H2,1-3H3,(H,20,21). The van der Waals surface area contributed by atoms with Crippen LogP contribution in [0.25, 0.3) is 11.0 Å². The molecule has 1 amide bonds. The lowest BCUT2D eigenvalue weighted by molar-refractivity contribution is 0.0731. The van der Waals surface area contributed by atoms with E-state index in [-0.39, 0.29) is 5.91 Å². The Kier molecular flexibility index (Phi) is 4.64. The predicted octanol–water partition coefficient (Wildman–Crippen LogP) is 3.13. The minimum atomic E-state index is -0.113. The molecular weight excluding hydrogens is 304 g/mol. The Balaban J connectivity index is 1.71. The van der Waals surface area contributed by atoms with Gasteiger partial charge < -0.3 is 14.3 Å². The van der Waals surface area contributed by atoms with Gasteiger partial charge in [0.05, 0.1) is 16.7 Å². The van der Waals surface area contributed by atoms with Crippen LogP contribution < -0.4 is 0 Å². The summed E-state index contributed by atoms with van der Waals surface area (Å²) < 4.78 is 5.58. The number of likely N-dealkylation sites (N-methyl/N-ethyl adjacent to an activating group) is 1. The second-order valence-electron chi connectivity index (χ2n) is 5.71. The zero-order chi connectivity index (χ0) is 17.1. The van der Waals surface area contributed by atoms with E-state index in [4.69, 9.17) is 4.42 Å². The Bertz CT molecular complexity index is 817. The Morgan fingerprint density at radius 2 is 2.04 bits per heavy atom. The molecule has 0 bridgehead atoms. The van der Waals surface area contributed by atoms with E-state index >= 15 is 0 Å². The molecule has 0 atom stereocenters. The highest BCUT2D eigenvalue weighted by molar-refractivity contribution is 5.92. The Morgan fingerprint density at radius 3 is 2.71 bits per heavy atom. The fourth-order valence-corrected chi connectivity index (χ4v) is 2.71. The Hall–Kier alpha value is -2.63. The molecule has 24 heavy (non-hydrogen) atoms. The normalized spacial score (nSPS) is 11.1. The van der Waals surface area contributed by atoms with Gasteiger partial charge >= 0.3 is 0 Å². The lowest BCUT2D eigenvalue weighted by Crippen LogP contribution is -2.33. The third-order valence-electron chi connectivity index (χ3n) is 4.06. The highest BCUT2D eigenvalue weighted by atomic mass is 16.4. The van der Waals surface area contributed by atoms with Gasteiger partial charge in [-0.2, -0.15) is 0 Å². The van der Waals surface area contributed by atoms with Crippen LogP contribution in [-0.2, 0) is 12.8 Å². The number of nitrogens with zero attached hydrogens (tertiary/aromatic N) is 3. The maximum absolute atomic E-state index is 12.7. The van der Waals surface area contributed by atoms with Crippen molar-refractivity contribution in [3.63, 3.8) is 0 Å². The molecular formula is C18H22N4O2. The fraction of sp³-hybridized carbons (Fsp3) is 0.389. The van der Waals surface area contributed by atoms with Crippen LogP contribution in [0.2, 0.25) is 0 Å². The first-order chi connectivity index (χ1) is 11.6. The largest absolute Gasteiger partial charge is 0.435 e. The van der Waals surface area contributed by atoms with Gasteiger partial charge in [0, 0.05) is 25.9 Å². The Labute approximate surface area is 140 Å². The maximum Gasteiger partial charge on any atom is 0.291 e. The molecule has 2 heterocycles. The predicted molar refractivity (Wildman–Crippen MR) is 92.0 cm³/mol. The molecule has 0 saturated heterocycles. The summed E-state index contributed by atoms with van der Waals surface area (Å²) in [6.45, 7) is 6.92. The topological polar surface area (TPSA) is 75.0 Å². The van der Waals surface area contributed by atoms with E-state index in [1.54, 1.807) is 4.90 Å². The van der Waals surface area contributed by atoms with Crippen LogP contribution >= 0.6 is 0 Å². The molecule has 0 spiro atoms. The molecule has 126 valence electrons. The number of benzene rings is 1. The number of amides is 1. The molecule has 1 aromatic carbocycles. The van der Waals surface area contributed by atoms with E-state index in [2.05, 4.69) is 15.0 Å². The summed E-state index contributed by atoms with van der Waals surface area (Å²) in [6, 6.07) is 7.91. The molecule has 0 aliphatic carbocycles. The number of imidazole rings is 1. The summed E-state index contributed by atoms with van der Waals surface area (Å²) in [7, 11) is 0. The first-order valence-electron chi connectivity index (χ1n) is 8.31. The van der Waals surface area contributed by atoms with Crippen LogP contribution in [-0.4, -0.2) is 38.8 Å². The highest BCUT2D eigenvalue weighted by Crippen LogP contribution is 2.15. The molecule has 0 aliphatic heterocycles. The number of hydrogen-bond acceptors (Lipinski definition) is 4. The van der Waals surface area contributed by atoms with Gasteiger partial charge in [0.15, 0.2) is 5.89 Å². The van der Waals surface area contributed by atoms with E-state index in [9.17, 15) is 4.79 Å². The monoisotopic (exact) mass is 326 g/mol. The molecule has 0 radical (unpaired) electrons. The minimum Gasteiger partial charge on any atom is -0.435 e. The molecule has 3 rings (SSSR count). The highest BCUT2D eigenvalue weighted by Gasteiger charge is 2.22. The zero-order valence-corrected chi connectivity index (χ0v) is 14.3. The lowest BCUT2D eigenvalue weighted by atomic mass is 10.3. The smallest absolute Gasteiger partial charge is 0.291 e. The second-order valence-corrected chi connectivity index (χ2v) is 5.71. The third kappa shape index (κ3) is 3.18. The first-order valence-corrected chi connectivity index (χ1v) is 8.31. The van der Waals surface area contributed by atoms with Crippen LogP contribution in [0.4, 0.5) is 0 Å². The molecule has 1 N–H and O–H groups in total. The lowest BCUT2D eigenvalue weighted by Gasteiger charge is -2.19. The van der Waals surface area contributed by atoms with Crippen molar-refractivity contribution in [2.24, 2.45) is 0 Å². The fourth-order valence-electron chi connectivity index (χ4n) is 2.71. The average molecular weight is 326 g/mol. The number of H-pyrrole nitrogens is 1. The average Bonchev–Trinajstić information content (AvgIpc) is 3.17. The number of fused-ring (bicyclic) bond motifs is 1. The van der Waals surface area contributed by atoms with Gasteiger partial charge in [-0.05, 0) is 26.0 Å². The number of aryl methyl sites for hydroxylation is 2. The van der Waals surface area contributed by atoms with Crippen molar-refractivity contribution in [2.75, 3.05) is 13.1 Å². The van der Waals surface area contributed by atoms with Gasteiger partial charge in [-0.3, -0.25) is 4.79 Å². The summed E-state index contributed by atoms with van der Waals surface area (Å²) >= 11 is 0. The van der Waals surface area contributed by atoms with Crippen LogP contribution in [0.15, 0.2) is 28.7 Å². The number of aromatic amines is 1. The number of aromatic nitrogens is 3. The number of para-hydroxylation sites is 2. The molecule has 3 aromatic rings. The van der Waals surface area contributed by atoms with Crippen LogP contribution in [0.5, 0.6) is 0 Å². The molecule has 0 saturated carbocycles. The van der Waals surface area contributed by atoms with E-state index in [1.165, 1.54) is 0 Å². The van der Waals surface area contributed by atoms with E-state index < -0.39 is 0 Å². The third-order valence-corrected chi connectivity index (χ3v) is 4.06. The number of rotatable bonds is 6. The molecule has 6 nitrogen and oxygen atoms in total. The van der Waals surface area contributed by atoms with Gasteiger partial charge in [0.2, 0.25) is 5.76 Å². The number of oxazole rings is 1. The molecule has 0 aliphatic rings. The van der Waals surface area contributed by atoms with Crippen molar-refractivity contribution in [3.8, 4) is 0 Å². The first kappa shape index (κ1) is 16.2. The van der Waals surface area contributed by atoms with Gasteiger partial charge in [-0.1, -0.05) is 19.1 Å². The summed E-state index contributed by atoms with van der Waals surface area (Å²) in [5.41, 5.74) is 2.61. The van der Waals surface area contributed by atoms with Crippen molar-refractivity contribution in [2.45, 2.75) is 33.6 Å². The second kappa shape index (κ2) is 6.86. The number of carbonyl (C=O) groups is 1. The summed E-state index contributed by atoms with van der Waals surface area (Å²) in [4.78, 5) is 26.6. The minimum absolute atomic E-state index is 0.113. The quantitative estimate of drug-likeness (QED) is 0.755. The molecule has 6 heteroatoms. The van der Waals surface area contributed by atoms with Crippen LogP contribution in [0, 0.1) is 6.92 Å². The van der Waals surface area contributed by atoms with Gasteiger partial charge in [0.1, 0.15) is 5.82 Å². The number of carbonyl (C=O) groups excluding carboxylic acids is 1. The van der Waals surface area contributed by atoms with Gasteiger partial charge in [-0.25, -0.2) is 9.97 Å². The number of hydrogen-bond donors (Lipinski definition) is 1. The Morgan fingerprint density at radius 1 is 1.25 bits per heavy atom. The maximum atomic E-state index is 12.7. The molecule has 0 unspecified atom stereocenters. The van der Waals surface area contributed by atoms with Gasteiger partial charge in [0.25, 0.3) is 5.91 Å².